The molecule has 1 amide bonds. The zero-order chi connectivity index (χ0) is 20.4. The first-order valence-corrected chi connectivity index (χ1v) is 10.2. The Hall–Kier alpha value is -2.33. The van der Waals surface area contributed by atoms with E-state index in [1.165, 1.54) is 0 Å². The SMILES string of the molecule is Cc1ccccc1OC(CCNC(=O)CC(CN)CC(C)C)c1ccccc1. The fraction of sp³-hybridized carbons (Fsp3) is 0.458. The van der Waals surface area contributed by atoms with Crippen LogP contribution in [0.4, 0.5) is 0 Å². The first-order valence-electron chi connectivity index (χ1n) is 10.2. The Morgan fingerprint density at radius 2 is 1.75 bits per heavy atom. The number of hydrogen-bond donors (Lipinski definition) is 2. The smallest absolute Gasteiger partial charge is 0.220 e. The predicted octanol–water partition coefficient (Wildman–Crippen LogP) is 4.63. The number of hydrogen-bond acceptors (Lipinski definition) is 3. The summed E-state index contributed by atoms with van der Waals surface area (Å²) in [6, 6.07) is 18.2. The Kier molecular flexibility index (Phi) is 9.02. The molecule has 0 aliphatic rings. The van der Waals surface area contributed by atoms with Crippen LogP contribution in [-0.4, -0.2) is 19.0 Å². The molecule has 2 aromatic rings. The van der Waals surface area contributed by atoms with Gasteiger partial charge in [0.2, 0.25) is 5.91 Å². The lowest BCUT2D eigenvalue weighted by Gasteiger charge is -2.21. The molecular weight excluding hydrogens is 348 g/mol. The Morgan fingerprint density at radius 1 is 1.07 bits per heavy atom. The molecule has 2 aromatic carbocycles. The third kappa shape index (κ3) is 7.35. The standard InChI is InChI=1S/C24H34N2O2/c1-18(2)15-20(17-25)16-24(27)26-14-13-23(21-10-5-4-6-11-21)28-22-12-8-7-9-19(22)3/h4-12,18,20,23H,13-17,25H2,1-3H3,(H,26,27). The predicted molar refractivity (Wildman–Crippen MR) is 115 cm³/mol. The molecule has 4 heteroatoms. The number of ether oxygens (including phenoxy) is 1. The van der Waals surface area contributed by atoms with Gasteiger partial charge in [0.15, 0.2) is 0 Å². The summed E-state index contributed by atoms with van der Waals surface area (Å²) in [4.78, 5) is 12.3. The Morgan fingerprint density at radius 3 is 2.39 bits per heavy atom. The number of rotatable bonds is 11. The molecule has 0 aliphatic heterocycles. The summed E-state index contributed by atoms with van der Waals surface area (Å²) in [5, 5.41) is 3.05. The van der Waals surface area contributed by atoms with E-state index >= 15 is 0 Å². The van der Waals surface area contributed by atoms with Crippen molar-refractivity contribution in [3.8, 4) is 5.75 Å². The summed E-state index contributed by atoms with van der Waals surface area (Å²) < 4.78 is 6.30. The molecule has 4 nitrogen and oxygen atoms in total. The highest BCUT2D eigenvalue weighted by Gasteiger charge is 2.17. The molecule has 0 aromatic heterocycles. The van der Waals surface area contributed by atoms with Gasteiger partial charge in [0.1, 0.15) is 11.9 Å². The van der Waals surface area contributed by atoms with Gasteiger partial charge in [-0.05, 0) is 48.9 Å². The maximum atomic E-state index is 12.3. The summed E-state index contributed by atoms with van der Waals surface area (Å²) in [6.07, 6.45) is 2.07. The molecule has 0 saturated carbocycles. The molecule has 0 heterocycles. The van der Waals surface area contributed by atoms with Crippen molar-refractivity contribution in [2.45, 2.75) is 46.1 Å². The van der Waals surface area contributed by atoms with Crippen LogP contribution in [0, 0.1) is 18.8 Å². The van der Waals surface area contributed by atoms with Gasteiger partial charge >= 0.3 is 0 Å². The van der Waals surface area contributed by atoms with Gasteiger partial charge in [-0.1, -0.05) is 62.4 Å². The van der Waals surface area contributed by atoms with Crippen molar-refractivity contribution in [2.24, 2.45) is 17.6 Å². The average Bonchev–Trinajstić information content (AvgIpc) is 2.68. The van der Waals surface area contributed by atoms with E-state index in [9.17, 15) is 4.79 Å². The molecule has 0 fully saturated rings. The number of para-hydroxylation sites is 1. The van der Waals surface area contributed by atoms with Crippen LogP contribution in [0.1, 0.15) is 50.3 Å². The highest BCUT2D eigenvalue weighted by Crippen LogP contribution is 2.27. The van der Waals surface area contributed by atoms with Crippen molar-refractivity contribution in [3.05, 3.63) is 65.7 Å². The summed E-state index contributed by atoms with van der Waals surface area (Å²) >= 11 is 0. The fourth-order valence-electron chi connectivity index (χ4n) is 3.41. The number of nitrogens with two attached hydrogens (primary N) is 1. The lowest BCUT2D eigenvalue weighted by atomic mass is 9.94. The normalized spacial score (nSPS) is 13.2. The number of aryl methyl sites for hydroxylation is 1. The topological polar surface area (TPSA) is 64.3 Å². The first-order chi connectivity index (χ1) is 13.5. The maximum Gasteiger partial charge on any atom is 0.220 e. The molecule has 2 unspecified atom stereocenters. The molecule has 152 valence electrons. The second-order valence-corrected chi connectivity index (χ2v) is 7.86. The number of carbonyl (C=O) groups excluding carboxylic acids is 1. The van der Waals surface area contributed by atoms with Gasteiger partial charge in [0.25, 0.3) is 0 Å². The van der Waals surface area contributed by atoms with E-state index < -0.39 is 0 Å². The van der Waals surface area contributed by atoms with E-state index in [0.717, 1.165) is 23.3 Å². The van der Waals surface area contributed by atoms with Gasteiger partial charge in [-0.2, -0.15) is 0 Å². The molecule has 2 atom stereocenters. The summed E-state index contributed by atoms with van der Waals surface area (Å²) in [5.74, 6) is 1.74. The van der Waals surface area contributed by atoms with E-state index in [1.54, 1.807) is 0 Å². The highest BCUT2D eigenvalue weighted by atomic mass is 16.5. The molecule has 0 saturated heterocycles. The van der Waals surface area contributed by atoms with Crippen LogP contribution >= 0.6 is 0 Å². The summed E-state index contributed by atoms with van der Waals surface area (Å²) in [5.41, 5.74) is 8.04. The van der Waals surface area contributed by atoms with Gasteiger partial charge in [0.05, 0.1) is 0 Å². The van der Waals surface area contributed by atoms with E-state index in [0.29, 0.717) is 31.8 Å². The van der Waals surface area contributed by atoms with E-state index in [4.69, 9.17) is 10.5 Å². The van der Waals surface area contributed by atoms with Crippen LogP contribution in [0.3, 0.4) is 0 Å². The minimum atomic E-state index is -0.108. The van der Waals surface area contributed by atoms with Gasteiger partial charge in [-0.15, -0.1) is 0 Å². The van der Waals surface area contributed by atoms with Crippen molar-refractivity contribution >= 4 is 5.91 Å². The van der Waals surface area contributed by atoms with Crippen molar-refractivity contribution < 1.29 is 9.53 Å². The van der Waals surface area contributed by atoms with Crippen LogP contribution in [-0.2, 0) is 4.79 Å². The van der Waals surface area contributed by atoms with Crippen LogP contribution in [0.5, 0.6) is 5.75 Å². The zero-order valence-electron chi connectivity index (χ0n) is 17.4. The summed E-state index contributed by atoms with van der Waals surface area (Å²) in [7, 11) is 0. The van der Waals surface area contributed by atoms with Crippen molar-refractivity contribution in [3.63, 3.8) is 0 Å². The number of amides is 1. The second kappa shape index (κ2) is 11.5. The van der Waals surface area contributed by atoms with Gasteiger partial charge in [0, 0.05) is 19.4 Å². The van der Waals surface area contributed by atoms with Gasteiger partial charge in [-0.3, -0.25) is 4.79 Å². The molecule has 0 spiro atoms. The Bertz CT molecular complexity index is 716. The molecular formula is C24H34N2O2. The minimum absolute atomic E-state index is 0.0683. The fourth-order valence-corrected chi connectivity index (χ4v) is 3.41. The minimum Gasteiger partial charge on any atom is -0.485 e. The van der Waals surface area contributed by atoms with Gasteiger partial charge in [-0.25, -0.2) is 0 Å². The maximum absolute atomic E-state index is 12.3. The van der Waals surface area contributed by atoms with Crippen LogP contribution in [0.2, 0.25) is 0 Å². The first kappa shape index (κ1) is 22.0. The number of benzene rings is 2. The zero-order valence-corrected chi connectivity index (χ0v) is 17.4. The van der Waals surface area contributed by atoms with Crippen molar-refractivity contribution in [1.29, 1.82) is 0 Å². The van der Waals surface area contributed by atoms with Crippen LogP contribution < -0.4 is 15.8 Å². The summed E-state index contributed by atoms with van der Waals surface area (Å²) in [6.45, 7) is 7.49. The van der Waals surface area contributed by atoms with Gasteiger partial charge < -0.3 is 15.8 Å². The quantitative estimate of drug-likeness (QED) is 0.595. The second-order valence-electron chi connectivity index (χ2n) is 7.86. The van der Waals surface area contributed by atoms with Crippen molar-refractivity contribution in [1.82, 2.24) is 5.32 Å². The molecule has 3 N–H and O–H groups in total. The Labute approximate surface area is 169 Å². The molecule has 0 radical (unpaired) electrons. The highest BCUT2D eigenvalue weighted by molar-refractivity contribution is 5.76. The van der Waals surface area contributed by atoms with Crippen LogP contribution in [0.15, 0.2) is 54.6 Å². The lowest BCUT2D eigenvalue weighted by Crippen LogP contribution is -2.30. The molecule has 0 bridgehead atoms. The Balaban J connectivity index is 1.94. The largest absolute Gasteiger partial charge is 0.485 e. The average molecular weight is 383 g/mol. The molecule has 0 aliphatic carbocycles. The third-order valence-corrected chi connectivity index (χ3v) is 4.88. The van der Waals surface area contributed by atoms with Crippen LogP contribution in [0.25, 0.3) is 0 Å². The monoisotopic (exact) mass is 382 g/mol. The number of carbonyl (C=O) groups is 1. The molecule has 2 rings (SSSR count). The third-order valence-electron chi connectivity index (χ3n) is 4.88. The molecule has 28 heavy (non-hydrogen) atoms. The van der Waals surface area contributed by atoms with E-state index in [-0.39, 0.29) is 17.9 Å². The van der Waals surface area contributed by atoms with E-state index in [1.807, 2.05) is 49.4 Å². The lowest BCUT2D eigenvalue weighted by molar-refractivity contribution is -0.122. The van der Waals surface area contributed by atoms with Crippen molar-refractivity contribution in [2.75, 3.05) is 13.1 Å². The van der Waals surface area contributed by atoms with E-state index in [2.05, 4.69) is 31.3 Å². The number of nitrogens with one attached hydrogen (secondary N) is 1.